The van der Waals surface area contributed by atoms with Crippen LogP contribution in [0.5, 0.6) is 0 Å². The number of benzene rings is 1. The molecule has 1 saturated carbocycles. The summed E-state index contributed by atoms with van der Waals surface area (Å²) in [5, 5.41) is 6.46. The minimum atomic E-state index is -0.532. The summed E-state index contributed by atoms with van der Waals surface area (Å²) in [6, 6.07) is 6.25. The number of carbonyl (C=O) groups is 1. The zero-order valence-electron chi connectivity index (χ0n) is 17.3. The van der Waals surface area contributed by atoms with Gasteiger partial charge >= 0.3 is 0 Å². The summed E-state index contributed by atoms with van der Waals surface area (Å²) in [5.41, 5.74) is 0.366. The molecule has 0 radical (unpaired) electrons. The molecule has 0 spiro atoms. The van der Waals surface area contributed by atoms with E-state index in [0.717, 1.165) is 37.3 Å². The van der Waals surface area contributed by atoms with Gasteiger partial charge in [-0.1, -0.05) is 11.6 Å². The van der Waals surface area contributed by atoms with E-state index >= 15 is 0 Å². The minimum Gasteiger partial charge on any atom is -0.367 e. The number of rotatable bonds is 5. The average molecular weight is 502 g/mol. The SMILES string of the molecule is Cc1nc(N[C@H]2CC[C@@H](NC(=O)c3ccc(F)c(Cl)c3)CC2)cc(-n2ccnc2)n1.Cl.Cl. The molecule has 172 valence electrons. The summed E-state index contributed by atoms with van der Waals surface area (Å²) in [6.45, 7) is 1.86. The molecule has 2 heterocycles. The molecule has 0 atom stereocenters. The Morgan fingerprint density at radius 3 is 2.50 bits per heavy atom. The summed E-state index contributed by atoms with van der Waals surface area (Å²) in [7, 11) is 0. The quantitative estimate of drug-likeness (QED) is 0.526. The van der Waals surface area contributed by atoms with E-state index in [1.165, 1.54) is 18.2 Å². The lowest BCUT2D eigenvalue weighted by Crippen LogP contribution is -2.40. The van der Waals surface area contributed by atoms with Crippen molar-refractivity contribution < 1.29 is 9.18 Å². The fourth-order valence-electron chi connectivity index (χ4n) is 3.65. The number of nitrogens with zero attached hydrogens (tertiary/aromatic N) is 4. The van der Waals surface area contributed by atoms with Crippen LogP contribution in [-0.4, -0.2) is 37.5 Å². The van der Waals surface area contributed by atoms with Gasteiger partial charge in [-0.2, -0.15) is 0 Å². The molecule has 7 nitrogen and oxygen atoms in total. The first-order valence-electron chi connectivity index (χ1n) is 9.84. The average Bonchev–Trinajstić information content (AvgIpc) is 3.26. The normalized spacial score (nSPS) is 17.6. The number of hydrogen-bond donors (Lipinski definition) is 2. The summed E-state index contributed by atoms with van der Waals surface area (Å²) in [6.07, 6.45) is 8.74. The van der Waals surface area contributed by atoms with Gasteiger partial charge in [-0.05, 0) is 50.8 Å². The Labute approximate surface area is 203 Å². The van der Waals surface area contributed by atoms with Crippen LogP contribution in [0.1, 0.15) is 41.9 Å². The van der Waals surface area contributed by atoms with Crippen LogP contribution in [0.3, 0.4) is 0 Å². The number of aryl methyl sites for hydroxylation is 1. The number of aromatic nitrogens is 4. The van der Waals surface area contributed by atoms with Gasteiger partial charge in [0.25, 0.3) is 5.91 Å². The summed E-state index contributed by atoms with van der Waals surface area (Å²) in [5.74, 6) is 1.46. The second-order valence-electron chi connectivity index (χ2n) is 7.42. The fourth-order valence-corrected chi connectivity index (χ4v) is 3.83. The Balaban J connectivity index is 0.00000181. The lowest BCUT2D eigenvalue weighted by Gasteiger charge is -2.30. The molecule has 1 aliphatic carbocycles. The molecule has 32 heavy (non-hydrogen) atoms. The van der Waals surface area contributed by atoms with Gasteiger partial charge in [0.05, 0.1) is 5.02 Å². The van der Waals surface area contributed by atoms with Crippen LogP contribution in [0.15, 0.2) is 43.0 Å². The van der Waals surface area contributed by atoms with E-state index in [0.29, 0.717) is 11.4 Å². The van der Waals surface area contributed by atoms with Gasteiger partial charge in [0.2, 0.25) is 0 Å². The van der Waals surface area contributed by atoms with E-state index in [2.05, 4.69) is 25.6 Å². The molecule has 0 aliphatic heterocycles. The Morgan fingerprint density at radius 2 is 1.84 bits per heavy atom. The van der Waals surface area contributed by atoms with Gasteiger partial charge in [-0.25, -0.2) is 19.3 Å². The minimum absolute atomic E-state index is 0. The first-order chi connectivity index (χ1) is 14.5. The van der Waals surface area contributed by atoms with E-state index in [1.54, 1.807) is 12.5 Å². The monoisotopic (exact) mass is 500 g/mol. The highest BCUT2D eigenvalue weighted by Crippen LogP contribution is 2.23. The van der Waals surface area contributed by atoms with Gasteiger partial charge < -0.3 is 10.6 Å². The third-order valence-electron chi connectivity index (χ3n) is 5.19. The molecular formula is C21H24Cl3FN6O. The molecule has 1 aliphatic rings. The van der Waals surface area contributed by atoms with Crippen molar-refractivity contribution >= 4 is 48.1 Å². The molecule has 0 bridgehead atoms. The van der Waals surface area contributed by atoms with Gasteiger partial charge in [-0.15, -0.1) is 24.8 Å². The number of carbonyl (C=O) groups excluding carboxylic acids is 1. The summed E-state index contributed by atoms with van der Waals surface area (Å²) >= 11 is 5.77. The first-order valence-corrected chi connectivity index (χ1v) is 10.2. The van der Waals surface area contributed by atoms with E-state index < -0.39 is 5.82 Å². The topological polar surface area (TPSA) is 84.7 Å². The molecule has 3 aromatic rings. The molecule has 0 saturated heterocycles. The van der Waals surface area contributed by atoms with Gasteiger partial charge in [-0.3, -0.25) is 9.36 Å². The number of halogens is 4. The van der Waals surface area contributed by atoms with Crippen molar-refractivity contribution in [1.82, 2.24) is 24.8 Å². The van der Waals surface area contributed by atoms with Crippen molar-refractivity contribution in [1.29, 1.82) is 0 Å². The molecule has 2 N–H and O–H groups in total. The van der Waals surface area contributed by atoms with Gasteiger partial charge in [0.15, 0.2) is 0 Å². The van der Waals surface area contributed by atoms with Crippen molar-refractivity contribution in [2.24, 2.45) is 0 Å². The van der Waals surface area contributed by atoms with Crippen LogP contribution in [0, 0.1) is 12.7 Å². The Morgan fingerprint density at radius 1 is 1.12 bits per heavy atom. The van der Waals surface area contributed by atoms with Crippen molar-refractivity contribution in [2.45, 2.75) is 44.7 Å². The van der Waals surface area contributed by atoms with E-state index in [-0.39, 0.29) is 47.8 Å². The van der Waals surface area contributed by atoms with Gasteiger partial charge in [0.1, 0.15) is 29.6 Å². The Kier molecular flexibility index (Phi) is 9.24. The second kappa shape index (κ2) is 11.4. The standard InChI is InChI=1S/C21H22ClFN6O.2ClH/c1-13-25-19(11-20(26-13)29-9-8-24-12-29)27-15-3-5-16(6-4-15)28-21(30)14-2-7-18(23)17(22)10-14;;/h2,7-12,15-16H,3-6H2,1H3,(H,28,30)(H,25,26,27);2*1H/t15-,16+;;. The third kappa shape index (κ3) is 6.31. The highest BCUT2D eigenvalue weighted by Gasteiger charge is 2.23. The van der Waals surface area contributed by atoms with E-state index in [4.69, 9.17) is 11.6 Å². The van der Waals surface area contributed by atoms with Crippen LogP contribution < -0.4 is 10.6 Å². The van der Waals surface area contributed by atoms with Crippen LogP contribution in [0.4, 0.5) is 10.2 Å². The Hall–Kier alpha value is -2.42. The highest BCUT2D eigenvalue weighted by molar-refractivity contribution is 6.31. The molecule has 11 heteroatoms. The lowest BCUT2D eigenvalue weighted by atomic mass is 9.91. The Bertz CT molecular complexity index is 1040. The van der Waals surface area contributed by atoms with Gasteiger partial charge in [0, 0.05) is 36.1 Å². The number of anilines is 1. The van der Waals surface area contributed by atoms with Crippen LogP contribution in [-0.2, 0) is 0 Å². The van der Waals surface area contributed by atoms with Crippen LogP contribution >= 0.6 is 36.4 Å². The first kappa shape index (κ1) is 25.8. The largest absolute Gasteiger partial charge is 0.367 e. The molecule has 4 rings (SSSR count). The van der Waals surface area contributed by atoms with E-state index in [1.807, 2.05) is 23.8 Å². The smallest absolute Gasteiger partial charge is 0.251 e. The molecule has 2 aromatic heterocycles. The lowest BCUT2D eigenvalue weighted by molar-refractivity contribution is 0.0926. The molecule has 0 unspecified atom stereocenters. The third-order valence-corrected chi connectivity index (χ3v) is 5.48. The molecular weight excluding hydrogens is 478 g/mol. The zero-order chi connectivity index (χ0) is 21.1. The fraction of sp³-hybridized carbons (Fsp3) is 0.333. The highest BCUT2D eigenvalue weighted by atomic mass is 35.5. The zero-order valence-corrected chi connectivity index (χ0v) is 19.7. The van der Waals surface area contributed by atoms with Crippen LogP contribution in [0.2, 0.25) is 5.02 Å². The van der Waals surface area contributed by atoms with Crippen molar-refractivity contribution in [3.05, 3.63) is 65.2 Å². The predicted molar refractivity (Wildman–Crippen MR) is 127 cm³/mol. The molecule has 1 aromatic carbocycles. The van der Waals surface area contributed by atoms with Crippen molar-refractivity contribution in [3.63, 3.8) is 0 Å². The van der Waals surface area contributed by atoms with Crippen molar-refractivity contribution in [3.8, 4) is 5.82 Å². The number of nitrogens with one attached hydrogen (secondary N) is 2. The summed E-state index contributed by atoms with van der Waals surface area (Å²) in [4.78, 5) is 25.4. The predicted octanol–water partition coefficient (Wildman–Crippen LogP) is 4.76. The summed E-state index contributed by atoms with van der Waals surface area (Å²) < 4.78 is 15.1. The maximum Gasteiger partial charge on any atom is 0.251 e. The maximum atomic E-state index is 13.3. The van der Waals surface area contributed by atoms with E-state index in [9.17, 15) is 9.18 Å². The van der Waals surface area contributed by atoms with Crippen molar-refractivity contribution in [2.75, 3.05) is 5.32 Å². The number of hydrogen-bond acceptors (Lipinski definition) is 5. The second-order valence-corrected chi connectivity index (χ2v) is 7.83. The maximum absolute atomic E-state index is 13.3. The number of amides is 1. The molecule has 1 fully saturated rings. The molecule has 1 amide bonds. The van der Waals surface area contributed by atoms with Crippen LogP contribution in [0.25, 0.3) is 5.82 Å². The number of imidazole rings is 1.